The Labute approximate surface area is 97.4 Å². The van der Waals surface area contributed by atoms with Crippen molar-refractivity contribution in [3.8, 4) is 6.07 Å². The van der Waals surface area contributed by atoms with Crippen molar-refractivity contribution in [2.24, 2.45) is 0 Å². The molecule has 0 aliphatic carbocycles. The van der Waals surface area contributed by atoms with Gasteiger partial charge in [-0.1, -0.05) is 15.9 Å². The van der Waals surface area contributed by atoms with Crippen molar-refractivity contribution in [2.45, 2.75) is 6.42 Å². The van der Waals surface area contributed by atoms with Crippen molar-refractivity contribution >= 4 is 42.9 Å². The molecule has 1 N–H and O–H groups in total. The van der Waals surface area contributed by atoms with Gasteiger partial charge in [0, 0.05) is 10.0 Å². The average Bonchev–Trinajstić information content (AvgIpc) is 2.51. The van der Waals surface area contributed by atoms with E-state index >= 15 is 0 Å². The standard InChI is InChI=1S/C9H5Br2N3/c10-6-1-2-7-8(5(6)3-4-12)14-9(11)13-7/h1-2H,3H2,(H,13,14). The van der Waals surface area contributed by atoms with Crippen molar-refractivity contribution in [1.82, 2.24) is 9.97 Å². The number of hydrogen-bond acceptors (Lipinski definition) is 2. The highest BCUT2D eigenvalue weighted by Crippen LogP contribution is 2.26. The third-order valence-electron chi connectivity index (χ3n) is 1.93. The van der Waals surface area contributed by atoms with Crippen LogP contribution in [0, 0.1) is 11.3 Å². The van der Waals surface area contributed by atoms with E-state index in [-0.39, 0.29) is 0 Å². The molecule has 1 heterocycles. The van der Waals surface area contributed by atoms with Gasteiger partial charge in [0.2, 0.25) is 0 Å². The van der Waals surface area contributed by atoms with Crippen molar-refractivity contribution in [3.63, 3.8) is 0 Å². The highest BCUT2D eigenvalue weighted by Gasteiger charge is 2.09. The number of nitrogens with zero attached hydrogens (tertiary/aromatic N) is 2. The van der Waals surface area contributed by atoms with Gasteiger partial charge in [0.15, 0.2) is 4.73 Å². The van der Waals surface area contributed by atoms with Gasteiger partial charge in [-0.05, 0) is 28.1 Å². The number of fused-ring (bicyclic) bond motifs is 1. The Hall–Kier alpha value is -0.860. The van der Waals surface area contributed by atoms with Gasteiger partial charge in [-0.2, -0.15) is 5.26 Å². The van der Waals surface area contributed by atoms with Crippen molar-refractivity contribution in [1.29, 1.82) is 5.26 Å². The number of benzene rings is 1. The molecule has 70 valence electrons. The highest BCUT2D eigenvalue weighted by atomic mass is 79.9. The zero-order valence-electron chi connectivity index (χ0n) is 7.01. The quantitative estimate of drug-likeness (QED) is 0.879. The molecule has 0 unspecified atom stereocenters. The maximum Gasteiger partial charge on any atom is 0.175 e. The van der Waals surface area contributed by atoms with Crippen LogP contribution in [0.5, 0.6) is 0 Å². The summed E-state index contributed by atoms with van der Waals surface area (Å²) in [6.07, 6.45) is 0.356. The summed E-state index contributed by atoms with van der Waals surface area (Å²) in [6, 6.07) is 5.97. The van der Waals surface area contributed by atoms with E-state index in [0.717, 1.165) is 21.1 Å². The lowest BCUT2D eigenvalue weighted by atomic mass is 10.1. The van der Waals surface area contributed by atoms with Crippen LogP contribution < -0.4 is 0 Å². The van der Waals surface area contributed by atoms with Gasteiger partial charge in [-0.25, -0.2) is 4.98 Å². The highest BCUT2D eigenvalue weighted by molar-refractivity contribution is 9.10. The van der Waals surface area contributed by atoms with E-state index in [9.17, 15) is 0 Å². The van der Waals surface area contributed by atoms with Crippen LogP contribution in [0.1, 0.15) is 5.56 Å². The lowest BCUT2D eigenvalue weighted by Gasteiger charge is -1.99. The molecule has 0 atom stereocenters. The summed E-state index contributed by atoms with van der Waals surface area (Å²) in [6.45, 7) is 0. The van der Waals surface area contributed by atoms with Crippen LogP contribution in [-0.2, 0) is 6.42 Å². The Morgan fingerprint density at radius 1 is 1.43 bits per heavy atom. The normalized spacial score (nSPS) is 10.4. The van der Waals surface area contributed by atoms with E-state index in [2.05, 4.69) is 47.9 Å². The Balaban J connectivity index is 2.76. The molecule has 2 rings (SSSR count). The van der Waals surface area contributed by atoms with Crippen LogP contribution in [0.15, 0.2) is 21.3 Å². The number of imidazole rings is 1. The topological polar surface area (TPSA) is 52.5 Å². The van der Waals surface area contributed by atoms with Gasteiger partial charge in [0.05, 0.1) is 23.5 Å². The second kappa shape index (κ2) is 3.71. The fraction of sp³-hybridized carbons (Fsp3) is 0.111. The number of nitriles is 1. The Morgan fingerprint density at radius 3 is 2.93 bits per heavy atom. The number of halogens is 2. The molecule has 1 aromatic heterocycles. The third kappa shape index (κ3) is 1.56. The Kier molecular flexibility index (Phi) is 2.57. The van der Waals surface area contributed by atoms with E-state index in [1.54, 1.807) is 0 Å². The maximum absolute atomic E-state index is 8.69. The summed E-state index contributed by atoms with van der Waals surface area (Å²) < 4.78 is 1.61. The number of rotatable bonds is 1. The average molecular weight is 315 g/mol. The summed E-state index contributed by atoms with van der Waals surface area (Å²) in [7, 11) is 0. The SMILES string of the molecule is N#CCc1c(Br)ccc2[nH]c(Br)nc12. The second-order valence-corrected chi connectivity index (χ2v) is 4.39. The molecule has 14 heavy (non-hydrogen) atoms. The zero-order valence-corrected chi connectivity index (χ0v) is 10.2. The zero-order chi connectivity index (χ0) is 10.1. The lowest BCUT2D eigenvalue weighted by Crippen LogP contribution is -1.86. The summed E-state index contributed by atoms with van der Waals surface area (Å²) in [4.78, 5) is 7.33. The van der Waals surface area contributed by atoms with Crippen LogP contribution in [0.2, 0.25) is 0 Å². The summed E-state index contributed by atoms with van der Waals surface area (Å²) in [5.41, 5.74) is 2.70. The van der Waals surface area contributed by atoms with Crippen LogP contribution >= 0.6 is 31.9 Å². The molecule has 0 radical (unpaired) electrons. The minimum Gasteiger partial charge on any atom is -0.332 e. The smallest absolute Gasteiger partial charge is 0.175 e. The fourth-order valence-electron chi connectivity index (χ4n) is 1.32. The molecule has 0 bridgehead atoms. The summed E-state index contributed by atoms with van der Waals surface area (Å²) >= 11 is 6.68. The first-order valence-corrected chi connectivity index (χ1v) is 5.50. The van der Waals surface area contributed by atoms with Crippen LogP contribution in [0.25, 0.3) is 11.0 Å². The molecule has 0 aliphatic rings. The minimum absolute atomic E-state index is 0.356. The van der Waals surface area contributed by atoms with E-state index in [1.165, 1.54) is 0 Å². The first kappa shape index (κ1) is 9.69. The molecule has 5 heteroatoms. The summed E-state index contributed by atoms with van der Waals surface area (Å²) in [5, 5.41) is 8.69. The molecule has 0 amide bonds. The van der Waals surface area contributed by atoms with E-state index in [1.807, 2.05) is 12.1 Å². The van der Waals surface area contributed by atoms with E-state index < -0.39 is 0 Å². The van der Waals surface area contributed by atoms with E-state index in [4.69, 9.17) is 5.26 Å². The van der Waals surface area contributed by atoms with Crippen molar-refractivity contribution in [3.05, 3.63) is 26.9 Å². The number of aromatic nitrogens is 2. The van der Waals surface area contributed by atoms with Gasteiger partial charge in [0.25, 0.3) is 0 Å². The predicted octanol–water partition coefficient (Wildman–Crippen LogP) is 3.15. The molecule has 1 aromatic carbocycles. The number of aromatic amines is 1. The Morgan fingerprint density at radius 2 is 2.21 bits per heavy atom. The monoisotopic (exact) mass is 313 g/mol. The molecule has 3 nitrogen and oxygen atoms in total. The molecule has 0 saturated carbocycles. The van der Waals surface area contributed by atoms with Crippen LogP contribution in [0.4, 0.5) is 0 Å². The van der Waals surface area contributed by atoms with Crippen molar-refractivity contribution < 1.29 is 0 Å². The second-order valence-electron chi connectivity index (χ2n) is 2.78. The first-order chi connectivity index (χ1) is 6.72. The maximum atomic E-state index is 8.69. The van der Waals surface area contributed by atoms with Crippen molar-refractivity contribution in [2.75, 3.05) is 0 Å². The first-order valence-electron chi connectivity index (χ1n) is 3.92. The predicted molar refractivity (Wildman–Crippen MR) is 60.8 cm³/mol. The molecule has 0 fully saturated rings. The van der Waals surface area contributed by atoms with E-state index in [0.29, 0.717) is 11.2 Å². The minimum atomic E-state index is 0.356. The molecular formula is C9H5Br2N3. The van der Waals surface area contributed by atoms with Gasteiger partial charge in [-0.3, -0.25) is 0 Å². The summed E-state index contributed by atoms with van der Waals surface area (Å²) in [5.74, 6) is 0. The largest absolute Gasteiger partial charge is 0.332 e. The van der Waals surface area contributed by atoms with Gasteiger partial charge in [0.1, 0.15) is 0 Å². The lowest BCUT2D eigenvalue weighted by molar-refractivity contribution is 1.23. The molecular weight excluding hydrogens is 310 g/mol. The Bertz CT molecular complexity index is 525. The molecule has 0 aliphatic heterocycles. The molecule has 0 spiro atoms. The molecule has 2 aromatic rings. The van der Waals surface area contributed by atoms with Crippen LogP contribution in [0.3, 0.4) is 0 Å². The van der Waals surface area contributed by atoms with Gasteiger partial charge >= 0.3 is 0 Å². The number of nitrogens with one attached hydrogen (secondary N) is 1. The molecule has 0 saturated heterocycles. The third-order valence-corrected chi connectivity index (χ3v) is 3.05. The van der Waals surface area contributed by atoms with Crippen LogP contribution in [-0.4, -0.2) is 9.97 Å². The van der Waals surface area contributed by atoms with Gasteiger partial charge in [-0.15, -0.1) is 0 Å². The number of H-pyrrole nitrogens is 1. The van der Waals surface area contributed by atoms with Gasteiger partial charge < -0.3 is 4.98 Å². The fourth-order valence-corrected chi connectivity index (χ4v) is 2.18. The number of hydrogen-bond donors (Lipinski definition) is 1.